The van der Waals surface area contributed by atoms with Gasteiger partial charge in [-0.15, -0.1) is 0 Å². The Morgan fingerprint density at radius 3 is 2.46 bits per heavy atom. The quantitative estimate of drug-likeness (QED) is 0.696. The van der Waals surface area contributed by atoms with Gasteiger partial charge in [0.15, 0.2) is 0 Å². The molecule has 0 radical (unpaired) electrons. The molecule has 3 fully saturated rings. The first kappa shape index (κ1) is 17.5. The van der Waals surface area contributed by atoms with E-state index < -0.39 is 23.8 Å². The minimum absolute atomic E-state index is 0.127. The molecule has 28 heavy (non-hydrogen) atoms. The highest BCUT2D eigenvalue weighted by molar-refractivity contribution is 6.24. The zero-order valence-electron chi connectivity index (χ0n) is 15.4. The van der Waals surface area contributed by atoms with Gasteiger partial charge < -0.3 is 5.32 Å². The standard InChI is InChI=1S/C20H22N4O4/c25-16-5-4-15(18(26)22-16)24-19(27)14-3-1-2-11(17(14)20(24)28)8-23-9-13(10-23)12-6-21-7-12/h1-3,12-13,15,21H,4-10H2,(H,22,25,26). The summed E-state index contributed by atoms with van der Waals surface area (Å²) in [4.78, 5) is 52.9. The SMILES string of the molecule is O=C1CCC(N2C(=O)c3cccc(CN4CC(C5CNC5)C4)c3C2=O)C(=O)N1. The average molecular weight is 382 g/mol. The number of nitrogens with zero attached hydrogens (tertiary/aromatic N) is 2. The maximum atomic E-state index is 13.1. The predicted molar refractivity (Wildman–Crippen MR) is 98.2 cm³/mol. The average Bonchev–Trinajstić information content (AvgIpc) is 2.84. The van der Waals surface area contributed by atoms with Crippen molar-refractivity contribution in [1.29, 1.82) is 0 Å². The first-order valence-electron chi connectivity index (χ1n) is 9.79. The van der Waals surface area contributed by atoms with Gasteiger partial charge >= 0.3 is 0 Å². The molecule has 0 aromatic heterocycles. The van der Waals surface area contributed by atoms with Crippen molar-refractivity contribution in [1.82, 2.24) is 20.4 Å². The van der Waals surface area contributed by atoms with E-state index in [2.05, 4.69) is 15.5 Å². The molecule has 4 amide bonds. The molecule has 146 valence electrons. The van der Waals surface area contributed by atoms with Crippen LogP contribution in [0.1, 0.15) is 39.1 Å². The van der Waals surface area contributed by atoms with E-state index in [-0.39, 0.29) is 18.7 Å². The third-order valence-corrected chi connectivity index (χ3v) is 6.41. The van der Waals surface area contributed by atoms with Gasteiger partial charge in [0.25, 0.3) is 11.8 Å². The second-order valence-corrected chi connectivity index (χ2v) is 8.16. The molecule has 3 saturated heterocycles. The molecule has 1 unspecified atom stereocenters. The number of nitrogens with one attached hydrogen (secondary N) is 2. The van der Waals surface area contributed by atoms with E-state index in [1.807, 2.05) is 6.07 Å². The Kier molecular flexibility index (Phi) is 4.06. The van der Waals surface area contributed by atoms with Crippen LogP contribution in [0, 0.1) is 11.8 Å². The molecule has 0 aliphatic carbocycles. The van der Waals surface area contributed by atoms with E-state index in [0.717, 1.165) is 42.6 Å². The highest BCUT2D eigenvalue weighted by atomic mass is 16.2. The van der Waals surface area contributed by atoms with Crippen LogP contribution < -0.4 is 10.6 Å². The molecule has 4 aliphatic heterocycles. The van der Waals surface area contributed by atoms with Crippen LogP contribution >= 0.6 is 0 Å². The fraction of sp³-hybridized carbons (Fsp3) is 0.500. The zero-order valence-corrected chi connectivity index (χ0v) is 15.4. The molecule has 5 rings (SSSR count). The van der Waals surface area contributed by atoms with Gasteiger partial charge in [-0.3, -0.25) is 34.3 Å². The molecule has 0 saturated carbocycles. The maximum Gasteiger partial charge on any atom is 0.262 e. The summed E-state index contributed by atoms with van der Waals surface area (Å²) in [6, 6.07) is 4.40. The first-order valence-corrected chi connectivity index (χ1v) is 9.79. The highest BCUT2D eigenvalue weighted by Gasteiger charge is 2.46. The number of rotatable bonds is 4. The fourth-order valence-electron chi connectivity index (χ4n) is 4.64. The zero-order chi connectivity index (χ0) is 19.4. The lowest BCUT2D eigenvalue weighted by molar-refractivity contribution is -0.136. The summed E-state index contributed by atoms with van der Waals surface area (Å²) in [6.45, 7) is 4.83. The number of hydrogen-bond acceptors (Lipinski definition) is 6. The lowest BCUT2D eigenvalue weighted by Crippen LogP contribution is -2.57. The van der Waals surface area contributed by atoms with Crippen molar-refractivity contribution in [3.8, 4) is 0 Å². The number of carbonyl (C=O) groups excluding carboxylic acids is 4. The van der Waals surface area contributed by atoms with Crippen LogP contribution in [0.4, 0.5) is 0 Å². The van der Waals surface area contributed by atoms with Crippen LogP contribution in [0.25, 0.3) is 0 Å². The molecule has 2 N–H and O–H groups in total. The van der Waals surface area contributed by atoms with Gasteiger partial charge in [0.2, 0.25) is 11.8 Å². The second kappa shape index (κ2) is 6.49. The predicted octanol–water partition coefficient (Wildman–Crippen LogP) is -0.261. The number of carbonyl (C=O) groups is 4. The van der Waals surface area contributed by atoms with E-state index in [0.29, 0.717) is 23.6 Å². The lowest BCUT2D eigenvalue weighted by atomic mass is 9.81. The minimum Gasteiger partial charge on any atom is -0.316 e. The van der Waals surface area contributed by atoms with Crippen molar-refractivity contribution in [2.24, 2.45) is 11.8 Å². The molecule has 8 nitrogen and oxygen atoms in total. The number of imide groups is 2. The molecule has 1 aromatic carbocycles. The Morgan fingerprint density at radius 1 is 1.00 bits per heavy atom. The normalized spacial score (nSPS) is 26.1. The summed E-state index contributed by atoms with van der Waals surface area (Å²) in [5, 5.41) is 5.53. The van der Waals surface area contributed by atoms with Gasteiger partial charge in [0.05, 0.1) is 11.1 Å². The number of benzene rings is 1. The highest BCUT2D eigenvalue weighted by Crippen LogP contribution is 2.33. The van der Waals surface area contributed by atoms with Gasteiger partial charge in [0.1, 0.15) is 6.04 Å². The maximum absolute atomic E-state index is 13.1. The topological polar surface area (TPSA) is 98.8 Å². The van der Waals surface area contributed by atoms with Crippen LogP contribution in [0.5, 0.6) is 0 Å². The molecular weight excluding hydrogens is 360 g/mol. The van der Waals surface area contributed by atoms with Gasteiger partial charge in [-0.2, -0.15) is 0 Å². The Labute approximate surface area is 162 Å². The second-order valence-electron chi connectivity index (χ2n) is 8.16. The van der Waals surface area contributed by atoms with Crippen LogP contribution in [-0.4, -0.2) is 65.6 Å². The molecular formula is C20H22N4O4. The van der Waals surface area contributed by atoms with E-state index in [1.165, 1.54) is 0 Å². The summed E-state index contributed by atoms with van der Waals surface area (Å²) in [5.41, 5.74) is 1.59. The third kappa shape index (κ3) is 2.67. The van der Waals surface area contributed by atoms with Gasteiger partial charge in [0, 0.05) is 26.1 Å². The largest absolute Gasteiger partial charge is 0.316 e. The Bertz CT molecular complexity index is 888. The number of amides is 4. The summed E-state index contributed by atoms with van der Waals surface area (Å²) in [6.07, 6.45) is 0.302. The molecule has 1 aromatic rings. The van der Waals surface area contributed by atoms with Crippen molar-refractivity contribution in [3.05, 3.63) is 34.9 Å². The van der Waals surface area contributed by atoms with Crippen molar-refractivity contribution in [2.45, 2.75) is 25.4 Å². The number of fused-ring (bicyclic) bond motifs is 1. The van der Waals surface area contributed by atoms with Crippen LogP contribution in [0.3, 0.4) is 0 Å². The molecule has 4 heterocycles. The molecule has 4 aliphatic rings. The molecule has 1 atom stereocenters. The van der Waals surface area contributed by atoms with Gasteiger partial charge in [-0.1, -0.05) is 12.1 Å². The number of piperidine rings is 1. The van der Waals surface area contributed by atoms with Crippen molar-refractivity contribution < 1.29 is 19.2 Å². The Balaban J connectivity index is 1.35. The number of hydrogen-bond donors (Lipinski definition) is 2. The van der Waals surface area contributed by atoms with Crippen LogP contribution in [0.2, 0.25) is 0 Å². The van der Waals surface area contributed by atoms with Crippen LogP contribution in [0.15, 0.2) is 18.2 Å². The smallest absolute Gasteiger partial charge is 0.262 e. The summed E-state index contributed by atoms with van der Waals surface area (Å²) in [5.74, 6) is -0.359. The van der Waals surface area contributed by atoms with E-state index >= 15 is 0 Å². The Morgan fingerprint density at radius 2 is 1.79 bits per heavy atom. The summed E-state index contributed by atoms with van der Waals surface area (Å²) < 4.78 is 0. The Hall–Kier alpha value is -2.58. The van der Waals surface area contributed by atoms with E-state index in [1.54, 1.807) is 12.1 Å². The molecule has 0 spiro atoms. The van der Waals surface area contributed by atoms with Crippen molar-refractivity contribution in [2.75, 3.05) is 26.2 Å². The van der Waals surface area contributed by atoms with Gasteiger partial charge in [-0.25, -0.2) is 0 Å². The monoisotopic (exact) mass is 382 g/mol. The molecule has 8 heteroatoms. The van der Waals surface area contributed by atoms with Crippen molar-refractivity contribution in [3.63, 3.8) is 0 Å². The summed E-state index contributed by atoms with van der Waals surface area (Å²) in [7, 11) is 0. The fourth-order valence-corrected chi connectivity index (χ4v) is 4.64. The lowest BCUT2D eigenvalue weighted by Gasteiger charge is -2.47. The minimum atomic E-state index is -0.919. The van der Waals surface area contributed by atoms with E-state index in [9.17, 15) is 19.2 Å². The van der Waals surface area contributed by atoms with Gasteiger partial charge in [-0.05, 0) is 43.0 Å². The summed E-state index contributed by atoms with van der Waals surface area (Å²) >= 11 is 0. The van der Waals surface area contributed by atoms with Crippen molar-refractivity contribution >= 4 is 23.6 Å². The van der Waals surface area contributed by atoms with E-state index in [4.69, 9.17) is 0 Å². The first-order chi connectivity index (χ1) is 13.5. The third-order valence-electron chi connectivity index (χ3n) is 6.41. The molecule has 0 bridgehead atoms. The number of likely N-dealkylation sites (tertiary alicyclic amines) is 1. The van der Waals surface area contributed by atoms with Crippen LogP contribution in [-0.2, 0) is 16.1 Å².